The van der Waals surface area contributed by atoms with Gasteiger partial charge in [-0.1, -0.05) is 6.92 Å². The van der Waals surface area contributed by atoms with E-state index in [1.54, 1.807) is 7.11 Å². The lowest BCUT2D eigenvalue weighted by molar-refractivity contribution is 0.0485. The normalized spacial score (nSPS) is 19.3. The highest BCUT2D eigenvalue weighted by Crippen LogP contribution is 2.40. The van der Waals surface area contributed by atoms with E-state index in [0.29, 0.717) is 5.92 Å². The lowest BCUT2D eigenvalue weighted by atomic mass is 10.0. The molecule has 0 spiro atoms. The van der Waals surface area contributed by atoms with Gasteiger partial charge >= 0.3 is 0 Å². The van der Waals surface area contributed by atoms with Crippen molar-refractivity contribution in [3.05, 3.63) is 16.4 Å². The van der Waals surface area contributed by atoms with Crippen LogP contribution in [0.5, 0.6) is 0 Å². The number of aromatic nitrogens is 2. The number of nitrogens with zero attached hydrogens (tertiary/aromatic N) is 2. The zero-order valence-electron chi connectivity index (χ0n) is 10.6. The molecule has 2 unspecified atom stereocenters. The molecule has 0 saturated heterocycles. The van der Waals surface area contributed by atoms with E-state index in [4.69, 9.17) is 4.74 Å². The fourth-order valence-corrected chi connectivity index (χ4v) is 2.98. The Morgan fingerprint density at radius 2 is 2.35 bits per heavy atom. The van der Waals surface area contributed by atoms with Gasteiger partial charge < -0.3 is 10.1 Å². The monoisotopic (exact) mass is 301 g/mol. The smallest absolute Gasteiger partial charge is 0.0809 e. The molecule has 1 aromatic rings. The summed E-state index contributed by atoms with van der Waals surface area (Å²) in [4.78, 5) is 0. The summed E-state index contributed by atoms with van der Waals surface area (Å²) < 4.78 is 8.67. The second-order valence-corrected chi connectivity index (χ2v) is 5.43. The second-order valence-electron chi connectivity index (χ2n) is 4.57. The molecule has 1 saturated carbocycles. The van der Waals surface area contributed by atoms with Gasteiger partial charge in [-0.15, -0.1) is 0 Å². The summed E-state index contributed by atoms with van der Waals surface area (Å²) in [5.74, 6) is 0.686. The van der Waals surface area contributed by atoms with Gasteiger partial charge in [0.15, 0.2) is 0 Å². The number of ether oxygens (including phenoxy) is 1. The molecule has 0 aromatic carbocycles. The molecule has 4 nitrogen and oxygen atoms in total. The molecule has 0 aliphatic heterocycles. The number of likely N-dealkylation sites (N-methyl/N-ethyl adjacent to an activating group) is 1. The van der Waals surface area contributed by atoms with Crippen LogP contribution in [-0.4, -0.2) is 29.5 Å². The molecule has 1 fully saturated rings. The van der Waals surface area contributed by atoms with Gasteiger partial charge in [0, 0.05) is 14.2 Å². The summed E-state index contributed by atoms with van der Waals surface area (Å²) in [6.07, 6.45) is 4.63. The molecular formula is C12H20BrN3O. The van der Waals surface area contributed by atoms with Crippen LogP contribution in [0.15, 0.2) is 10.7 Å². The molecule has 96 valence electrons. The highest BCUT2D eigenvalue weighted by atomic mass is 79.9. The minimum atomic E-state index is 0.208. The van der Waals surface area contributed by atoms with Crippen molar-refractivity contribution in [1.29, 1.82) is 0 Å². The maximum absolute atomic E-state index is 5.70. The molecule has 17 heavy (non-hydrogen) atoms. The van der Waals surface area contributed by atoms with E-state index in [2.05, 4.69) is 33.3 Å². The maximum Gasteiger partial charge on any atom is 0.0809 e. The lowest BCUT2D eigenvalue weighted by Crippen LogP contribution is -2.36. The van der Waals surface area contributed by atoms with E-state index in [-0.39, 0.29) is 12.1 Å². The summed E-state index contributed by atoms with van der Waals surface area (Å²) in [5.41, 5.74) is 1.17. The first-order valence-electron chi connectivity index (χ1n) is 6.12. The van der Waals surface area contributed by atoms with Crippen molar-refractivity contribution in [3.63, 3.8) is 0 Å². The van der Waals surface area contributed by atoms with E-state index in [1.807, 2.05) is 17.9 Å². The Balaban J connectivity index is 2.26. The molecule has 1 heterocycles. The van der Waals surface area contributed by atoms with Crippen molar-refractivity contribution >= 4 is 15.9 Å². The lowest BCUT2D eigenvalue weighted by Gasteiger charge is -2.27. The van der Waals surface area contributed by atoms with E-state index in [1.165, 1.54) is 18.5 Å². The number of rotatable bonds is 6. The Morgan fingerprint density at radius 1 is 1.65 bits per heavy atom. The number of aryl methyl sites for hydroxylation is 1. The van der Waals surface area contributed by atoms with E-state index in [9.17, 15) is 0 Å². The summed E-state index contributed by atoms with van der Waals surface area (Å²) in [6.45, 7) is 3.05. The van der Waals surface area contributed by atoms with Crippen molar-refractivity contribution in [2.75, 3.05) is 13.7 Å². The first-order valence-corrected chi connectivity index (χ1v) is 6.91. The summed E-state index contributed by atoms with van der Waals surface area (Å²) in [5, 5.41) is 7.81. The third-order valence-electron chi connectivity index (χ3n) is 3.34. The van der Waals surface area contributed by atoms with Crippen molar-refractivity contribution < 1.29 is 4.74 Å². The second kappa shape index (κ2) is 5.50. The third kappa shape index (κ3) is 2.72. The average molecular weight is 302 g/mol. The first kappa shape index (κ1) is 13.1. The molecule has 1 aliphatic carbocycles. The molecule has 0 radical (unpaired) electrons. The SMILES string of the molecule is CCNC(c1c(Br)cnn1C)C(OC)C1CC1. The molecule has 2 atom stereocenters. The Labute approximate surface area is 111 Å². The predicted molar refractivity (Wildman–Crippen MR) is 70.8 cm³/mol. The highest BCUT2D eigenvalue weighted by molar-refractivity contribution is 9.10. The zero-order valence-corrected chi connectivity index (χ0v) is 12.2. The number of hydrogen-bond acceptors (Lipinski definition) is 3. The summed E-state index contributed by atoms with van der Waals surface area (Å²) in [6, 6.07) is 0.208. The van der Waals surface area contributed by atoms with Crippen LogP contribution in [0, 0.1) is 5.92 Å². The number of methoxy groups -OCH3 is 1. The van der Waals surface area contributed by atoms with Gasteiger partial charge in [-0.05, 0) is 41.2 Å². The molecule has 0 bridgehead atoms. The van der Waals surface area contributed by atoms with E-state index < -0.39 is 0 Å². The minimum Gasteiger partial charge on any atom is -0.379 e. The maximum atomic E-state index is 5.70. The van der Waals surface area contributed by atoms with Gasteiger partial charge in [0.2, 0.25) is 0 Å². The van der Waals surface area contributed by atoms with Crippen molar-refractivity contribution in [2.24, 2.45) is 13.0 Å². The highest BCUT2D eigenvalue weighted by Gasteiger charge is 2.39. The van der Waals surface area contributed by atoms with Crippen LogP contribution in [0.2, 0.25) is 0 Å². The largest absolute Gasteiger partial charge is 0.379 e. The van der Waals surface area contributed by atoms with E-state index in [0.717, 1.165) is 11.0 Å². The van der Waals surface area contributed by atoms with Gasteiger partial charge in [0.1, 0.15) is 0 Å². The quantitative estimate of drug-likeness (QED) is 0.876. The topological polar surface area (TPSA) is 39.1 Å². The zero-order chi connectivity index (χ0) is 12.4. The van der Waals surface area contributed by atoms with E-state index >= 15 is 0 Å². The van der Waals surface area contributed by atoms with Crippen LogP contribution in [0.4, 0.5) is 0 Å². The Kier molecular flexibility index (Phi) is 4.22. The fourth-order valence-electron chi connectivity index (χ4n) is 2.38. The molecule has 0 amide bonds. The number of hydrogen-bond donors (Lipinski definition) is 1. The van der Waals surface area contributed by atoms with Gasteiger partial charge in [-0.3, -0.25) is 4.68 Å². The van der Waals surface area contributed by atoms with Crippen LogP contribution in [0.3, 0.4) is 0 Å². The standard InChI is InChI=1S/C12H20BrN3O/c1-4-14-10(12(17-3)8-5-6-8)11-9(13)7-15-16(11)2/h7-8,10,12,14H,4-6H2,1-3H3. The molecule has 1 aromatic heterocycles. The van der Waals surface area contributed by atoms with Crippen LogP contribution in [-0.2, 0) is 11.8 Å². The van der Waals surface area contributed by atoms with Crippen molar-refractivity contribution in [2.45, 2.75) is 31.9 Å². The Bertz CT molecular complexity index is 356. The number of nitrogens with one attached hydrogen (secondary N) is 1. The predicted octanol–water partition coefficient (Wildman–Crippen LogP) is 2.26. The van der Waals surface area contributed by atoms with Gasteiger partial charge in [0.25, 0.3) is 0 Å². The Hall–Kier alpha value is -0.390. The Morgan fingerprint density at radius 3 is 2.76 bits per heavy atom. The third-order valence-corrected chi connectivity index (χ3v) is 3.95. The summed E-state index contributed by atoms with van der Waals surface area (Å²) in [7, 11) is 3.78. The van der Waals surface area contributed by atoms with Gasteiger partial charge in [-0.2, -0.15) is 5.10 Å². The minimum absolute atomic E-state index is 0.208. The van der Waals surface area contributed by atoms with Crippen molar-refractivity contribution in [1.82, 2.24) is 15.1 Å². The summed E-state index contributed by atoms with van der Waals surface area (Å²) >= 11 is 3.58. The first-order chi connectivity index (χ1) is 8.19. The molecule has 2 rings (SSSR count). The molecular weight excluding hydrogens is 282 g/mol. The fraction of sp³-hybridized carbons (Fsp3) is 0.750. The molecule has 5 heteroatoms. The van der Waals surface area contributed by atoms with Crippen LogP contribution in [0.1, 0.15) is 31.5 Å². The van der Waals surface area contributed by atoms with Gasteiger partial charge in [0.05, 0.1) is 28.5 Å². The molecule has 1 N–H and O–H groups in total. The van der Waals surface area contributed by atoms with Crippen LogP contribution >= 0.6 is 15.9 Å². The van der Waals surface area contributed by atoms with Crippen molar-refractivity contribution in [3.8, 4) is 0 Å². The molecule has 1 aliphatic rings. The van der Waals surface area contributed by atoms with Crippen LogP contribution in [0.25, 0.3) is 0 Å². The van der Waals surface area contributed by atoms with Crippen LogP contribution < -0.4 is 5.32 Å². The number of halogens is 1. The average Bonchev–Trinajstić information content (AvgIpc) is 3.07. The van der Waals surface area contributed by atoms with Gasteiger partial charge in [-0.25, -0.2) is 0 Å².